The monoisotopic (exact) mass is 286 g/mol. The summed E-state index contributed by atoms with van der Waals surface area (Å²) in [6.07, 6.45) is 3.59. The molecule has 0 saturated carbocycles. The quantitative estimate of drug-likeness (QED) is 0.852. The first-order valence-corrected chi connectivity index (χ1v) is 7.96. The molecule has 0 unspecified atom stereocenters. The van der Waals surface area contributed by atoms with E-state index in [4.69, 9.17) is 0 Å². The van der Waals surface area contributed by atoms with Crippen molar-refractivity contribution < 1.29 is 8.42 Å². The molecule has 0 fully saturated rings. The predicted molar refractivity (Wildman–Crippen MR) is 83.2 cm³/mol. The van der Waals surface area contributed by atoms with E-state index >= 15 is 0 Å². The van der Waals surface area contributed by atoms with E-state index in [0.29, 0.717) is 4.90 Å². The molecular weight excluding hydrogens is 268 g/mol. The summed E-state index contributed by atoms with van der Waals surface area (Å²) in [5.41, 5.74) is 0.990. The Balaban J connectivity index is 2.33. The van der Waals surface area contributed by atoms with Crippen LogP contribution in [0.4, 0.5) is 0 Å². The topological polar surface area (TPSA) is 34.1 Å². The fraction of sp³-hybridized carbons (Fsp3) is 0.176. The van der Waals surface area contributed by atoms with Crippen LogP contribution in [0.3, 0.4) is 0 Å². The fourth-order valence-electron chi connectivity index (χ4n) is 1.85. The molecule has 0 aromatic heterocycles. The molecule has 2 aromatic carbocycles. The molecule has 0 saturated heterocycles. The van der Waals surface area contributed by atoms with Crippen molar-refractivity contribution >= 4 is 15.9 Å². The van der Waals surface area contributed by atoms with Gasteiger partial charge in [0, 0.05) is 0 Å². The van der Waals surface area contributed by atoms with E-state index in [9.17, 15) is 8.42 Å². The van der Waals surface area contributed by atoms with Crippen molar-refractivity contribution in [3.05, 3.63) is 72.3 Å². The van der Waals surface area contributed by atoms with Gasteiger partial charge in [-0.2, -0.15) is 0 Å². The summed E-state index contributed by atoms with van der Waals surface area (Å²) < 4.78 is 24.3. The second-order valence-corrected chi connectivity index (χ2v) is 7.69. The minimum absolute atomic E-state index is 0.350. The first-order valence-electron chi connectivity index (χ1n) is 6.47. The fourth-order valence-corrected chi connectivity index (χ4v) is 3.22. The lowest BCUT2D eigenvalue weighted by atomic mass is 10.1. The lowest BCUT2D eigenvalue weighted by molar-refractivity contribution is 0.572. The minimum atomic E-state index is -3.40. The van der Waals surface area contributed by atoms with Gasteiger partial charge in [-0.05, 0) is 31.5 Å². The largest absolute Gasteiger partial charge is 0.223 e. The molecule has 0 radical (unpaired) electrons. The van der Waals surface area contributed by atoms with E-state index < -0.39 is 14.6 Å². The molecule has 104 valence electrons. The third-order valence-electron chi connectivity index (χ3n) is 3.22. The van der Waals surface area contributed by atoms with Crippen molar-refractivity contribution in [3.63, 3.8) is 0 Å². The van der Waals surface area contributed by atoms with Gasteiger partial charge in [0.05, 0.1) is 9.64 Å². The standard InChI is InChI=1S/C17H18O2S/c1-17(2,14-13-15-9-5-3-6-10-15)20(18,19)16-11-7-4-8-12-16/h3-14H,1-2H3/b14-13+. The van der Waals surface area contributed by atoms with Gasteiger partial charge in [0.1, 0.15) is 0 Å². The Bertz CT molecular complexity index is 684. The number of benzene rings is 2. The van der Waals surface area contributed by atoms with Gasteiger partial charge >= 0.3 is 0 Å². The molecular formula is C17H18O2S. The molecule has 0 aliphatic heterocycles. The molecule has 0 N–H and O–H groups in total. The van der Waals surface area contributed by atoms with E-state index in [1.54, 1.807) is 44.2 Å². The van der Waals surface area contributed by atoms with Crippen LogP contribution >= 0.6 is 0 Å². The zero-order valence-corrected chi connectivity index (χ0v) is 12.5. The maximum atomic E-state index is 12.6. The van der Waals surface area contributed by atoms with Crippen LogP contribution in [0, 0.1) is 0 Å². The zero-order chi connectivity index (χ0) is 14.6. The van der Waals surface area contributed by atoms with Gasteiger partial charge in [-0.1, -0.05) is 60.7 Å². The molecule has 0 bridgehead atoms. The predicted octanol–water partition coefficient (Wildman–Crippen LogP) is 3.95. The Hall–Kier alpha value is -1.87. The van der Waals surface area contributed by atoms with E-state index in [2.05, 4.69) is 0 Å². The highest BCUT2D eigenvalue weighted by Gasteiger charge is 2.32. The number of rotatable bonds is 4. The Labute approximate surface area is 120 Å². The molecule has 0 amide bonds. The zero-order valence-electron chi connectivity index (χ0n) is 11.7. The molecule has 2 aromatic rings. The van der Waals surface area contributed by atoms with E-state index in [0.717, 1.165) is 5.56 Å². The van der Waals surface area contributed by atoms with Crippen LogP contribution in [0.1, 0.15) is 19.4 Å². The van der Waals surface area contributed by atoms with E-state index in [1.807, 2.05) is 42.5 Å². The molecule has 3 heteroatoms. The lowest BCUT2D eigenvalue weighted by Gasteiger charge is -2.21. The summed E-state index contributed by atoms with van der Waals surface area (Å²) in [5.74, 6) is 0. The van der Waals surface area contributed by atoms with Gasteiger partial charge in [0.15, 0.2) is 9.84 Å². The summed E-state index contributed by atoms with van der Waals surface area (Å²) in [7, 11) is -3.40. The molecule has 0 atom stereocenters. The van der Waals surface area contributed by atoms with Crippen molar-refractivity contribution in [3.8, 4) is 0 Å². The van der Waals surface area contributed by atoms with Crippen LogP contribution in [0.5, 0.6) is 0 Å². The third-order valence-corrected chi connectivity index (χ3v) is 5.64. The summed E-state index contributed by atoms with van der Waals surface area (Å²) in [6.45, 7) is 3.43. The Morgan fingerprint density at radius 2 is 1.35 bits per heavy atom. The first-order chi connectivity index (χ1) is 9.43. The van der Waals surface area contributed by atoms with Gasteiger partial charge in [-0.15, -0.1) is 0 Å². The van der Waals surface area contributed by atoms with Crippen LogP contribution in [-0.2, 0) is 9.84 Å². The minimum Gasteiger partial charge on any atom is -0.223 e. The van der Waals surface area contributed by atoms with E-state index in [-0.39, 0.29) is 0 Å². The van der Waals surface area contributed by atoms with Gasteiger partial charge in [-0.25, -0.2) is 8.42 Å². The molecule has 2 nitrogen and oxygen atoms in total. The molecule has 0 heterocycles. The van der Waals surface area contributed by atoms with Crippen LogP contribution < -0.4 is 0 Å². The normalized spacial score (nSPS) is 12.7. The van der Waals surface area contributed by atoms with Gasteiger partial charge < -0.3 is 0 Å². The second kappa shape index (κ2) is 5.63. The van der Waals surface area contributed by atoms with Crippen molar-refractivity contribution in [1.82, 2.24) is 0 Å². The van der Waals surface area contributed by atoms with Crippen molar-refractivity contribution in [2.75, 3.05) is 0 Å². The highest BCUT2D eigenvalue weighted by molar-refractivity contribution is 7.93. The van der Waals surface area contributed by atoms with Crippen LogP contribution in [0.15, 0.2) is 71.6 Å². The molecule has 2 rings (SSSR count). The van der Waals surface area contributed by atoms with Gasteiger partial charge in [0.25, 0.3) is 0 Å². The summed E-state index contributed by atoms with van der Waals surface area (Å²) in [6, 6.07) is 18.2. The number of hydrogen-bond acceptors (Lipinski definition) is 2. The smallest absolute Gasteiger partial charge is 0.187 e. The third kappa shape index (κ3) is 2.99. The second-order valence-electron chi connectivity index (χ2n) is 5.16. The molecule has 0 spiro atoms. The Kier molecular flexibility index (Phi) is 4.09. The Morgan fingerprint density at radius 1 is 0.850 bits per heavy atom. The average molecular weight is 286 g/mol. The van der Waals surface area contributed by atoms with Crippen LogP contribution in [0.25, 0.3) is 6.08 Å². The molecule has 0 aliphatic carbocycles. The van der Waals surface area contributed by atoms with Crippen molar-refractivity contribution in [2.45, 2.75) is 23.5 Å². The van der Waals surface area contributed by atoms with Crippen LogP contribution in [-0.4, -0.2) is 13.2 Å². The highest BCUT2D eigenvalue weighted by atomic mass is 32.2. The average Bonchev–Trinajstić information content (AvgIpc) is 2.47. The maximum absolute atomic E-state index is 12.6. The van der Waals surface area contributed by atoms with Gasteiger partial charge in [-0.3, -0.25) is 0 Å². The first kappa shape index (κ1) is 14.5. The lowest BCUT2D eigenvalue weighted by Crippen LogP contribution is -2.29. The Morgan fingerprint density at radius 3 is 1.90 bits per heavy atom. The molecule has 20 heavy (non-hydrogen) atoms. The van der Waals surface area contributed by atoms with E-state index in [1.165, 1.54) is 0 Å². The van der Waals surface area contributed by atoms with Gasteiger partial charge in [0.2, 0.25) is 0 Å². The molecule has 0 aliphatic rings. The number of hydrogen-bond donors (Lipinski definition) is 0. The van der Waals surface area contributed by atoms with Crippen LogP contribution in [0.2, 0.25) is 0 Å². The van der Waals surface area contributed by atoms with Crippen molar-refractivity contribution in [2.24, 2.45) is 0 Å². The SMILES string of the molecule is CC(C)(/C=C/c1ccccc1)S(=O)(=O)c1ccccc1. The summed E-state index contributed by atoms with van der Waals surface area (Å²) in [5, 5.41) is 0. The highest BCUT2D eigenvalue weighted by Crippen LogP contribution is 2.27. The summed E-state index contributed by atoms with van der Waals surface area (Å²) in [4.78, 5) is 0.350. The van der Waals surface area contributed by atoms with Crippen molar-refractivity contribution in [1.29, 1.82) is 0 Å². The number of sulfone groups is 1. The summed E-state index contributed by atoms with van der Waals surface area (Å²) >= 11 is 0. The maximum Gasteiger partial charge on any atom is 0.187 e.